The molecule has 0 aromatic heterocycles. The van der Waals surface area contributed by atoms with E-state index in [-0.39, 0.29) is 17.9 Å². The number of hydrogen-bond acceptors (Lipinski definition) is 6. The van der Waals surface area contributed by atoms with E-state index in [4.69, 9.17) is 18.9 Å². The second-order valence-corrected chi connectivity index (χ2v) is 7.87. The predicted molar refractivity (Wildman–Crippen MR) is 118 cm³/mol. The molecule has 0 spiro atoms. The van der Waals surface area contributed by atoms with Gasteiger partial charge in [0.05, 0.1) is 34.5 Å². The topological polar surface area (TPSA) is 57.2 Å². The molecular formula is C25H29NO5. The van der Waals surface area contributed by atoms with Crippen LogP contribution in [0.2, 0.25) is 0 Å². The first-order valence-corrected chi connectivity index (χ1v) is 10.5. The van der Waals surface area contributed by atoms with E-state index in [9.17, 15) is 4.79 Å². The molecule has 2 heterocycles. The zero-order chi connectivity index (χ0) is 22.0. The number of rotatable bonds is 7. The van der Waals surface area contributed by atoms with Gasteiger partial charge in [-0.25, -0.2) is 0 Å². The monoisotopic (exact) mass is 423 g/mol. The van der Waals surface area contributed by atoms with Crippen LogP contribution >= 0.6 is 0 Å². The van der Waals surface area contributed by atoms with Crippen LogP contribution in [0.4, 0.5) is 0 Å². The first kappa shape index (κ1) is 21.1. The van der Waals surface area contributed by atoms with Crippen molar-refractivity contribution >= 4 is 6.29 Å². The number of carbonyl (C=O) groups is 1. The number of aldehydes is 1. The van der Waals surface area contributed by atoms with Crippen molar-refractivity contribution in [2.24, 2.45) is 5.92 Å². The van der Waals surface area contributed by atoms with Gasteiger partial charge in [-0.2, -0.15) is 0 Å². The van der Waals surface area contributed by atoms with Gasteiger partial charge in [0.15, 0.2) is 23.0 Å². The molecule has 0 aliphatic carbocycles. The molecule has 3 atom stereocenters. The molecule has 1 saturated heterocycles. The number of hydrogen-bond donors (Lipinski definition) is 0. The van der Waals surface area contributed by atoms with Crippen LogP contribution in [0.15, 0.2) is 48.2 Å². The van der Waals surface area contributed by atoms with Crippen LogP contribution in [0, 0.1) is 5.92 Å². The lowest BCUT2D eigenvalue weighted by Crippen LogP contribution is -2.38. The Bertz CT molecular complexity index is 986. The highest BCUT2D eigenvalue weighted by molar-refractivity contribution is 5.62. The first-order valence-electron chi connectivity index (χ1n) is 10.5. The van der Waals surface area contributed by atoms with Gasteiger partial charge >= 0.3 is 0 Å². The largest absolute Gasteiger partial charge is 0.493 e. The summed E-state index contributed by atoms with van der Waals surface area (Å²) in [5, 5.41) is 0. The molecule has 4 rings (SSSR count). The van der Waals surface area contributed by atoms with Gasteiger partial charge in [-0.1, -0.05) is 18.2 Å². The minimum absolute atomic E-state index is 0.0558. The van der Waals surface area contributed by atoms with E-state index in [0.717, 1.165) is 36.8 Å². The highest BCUT2D eigenvalue weighted by Gasteiger charge is 2.41. The van der Waals surface area contributed by atoms with E-state index in [1.165, 1.54) is 5.70 Å². The molecule has 6 heteroatoms. The summed E-state index contributed by atoms with van der Waals surface area (Å²) in [6, 6.07) is 11.8. The molecule has 0 radical (unpaired) electrons. The zero-order valence-corrected chi connectivity index (χ0v) is 18.5. The number of benzene rings is 2. The smallest absolute Gasteiger partial charge is 0.161 e. The summed E-state index contributed by atoms with van der Waals surface area (Å²) >= 11 is 0. The minimum atomic E-state index is -0.252. The normalized spacial score (nSPS) is 22.4. The van der Waals surface area contributed by atoms with Gasteiger partial charge in [-0.15, -0.1) is 0 Å². The standard InChI is InChI=1S/C25H29NO5/c1-28-21-9-7-16(12-23(21)30-3)19-14-18-6-5-11-26(18)25(20(19)15-27)17-8-10-22(29-2)24(13-17)31-4/h7-10,12-15,19-20,25H,5-6,11H2,1-4H3. The zero-order valence-electron chi connectivity index (χ0n) is 18.5. The van der Waals surface area contributed by atoms with Crippen molar-refractivity contribution < 1.29 is 23.7 Å². The lowest BCUT2D eigenvalue weighted by atomic mass is 9.76. The summed E-state index contributed by atoms with van der Waals surface area (Å²) < 4.78 is 21.9. The molecule has 2 aliphatic rings. The summed E-state index contributed by atoms with van der Waals surface area (Å²) in [6.07, 6.45) is 5.44. The van der Waals surface area contributed by atoms with E-state index in [1.54, 1.807) is 28.4 Å². The number of allylic oxidation sites excluding steroid dienone is 2. The Hall–Kier alpha value is -3.15. The van der Waals surface area contributed by atoms with E-state index >= 15 is 0 Å². The molecule has 31 heavy (non-hydrogen) atoms. The molecule has 2 aromatic carbocycles. The Kier molecular flexibility index (Phi) is 6.07. The van der Waals surface area contributed by atoms with Crippen molar-refractivity contribution in [2.45, 2.75) is 24.8 Å². The van der Waals surface area contributed by atoms with Crippen LogP contribution in [-0.2, 0) is 4.79 Å². The number of fused-ring (bicyclic) bond motifs is 1. The van der Waals surface area contributed by atoms with Crippen molar-refractivity contribution in [1.29, 1.82) is 0 Å². The number of ether oxygens (including phenoxy) is 4. The van der Waals surface area contributed by atoms with Gasteiger partial charge in [-0.3, -0.25) is 0 Å². The van der Waals surface area contributed by atoms with Gasteiger partial charge in [0.1, 0.15) is 6.29 Å². The lowest BCUT2D eigenvalue weighted by molar-refractivity contribution is -0.113. The average molecular weight is 424 g/mol. The second kappa shape index (κ2) is 8.92. The fourth-order valence-corrected chi connectivity index (χ4v) is 4.91. The summed E-state index contributed by atoms with van der Waals surface area (Å²) in [5.41, 5.74) is 3.38. The van der Waals surface area contributed by atoms with Crippen molar-refractivity contribution in [2.75, 3.05) is 35.0 Å². The van der Waals surface area contributed by atoms with E-state index in [1.807, 2.05) is 36.4 Å². The SMILES string of the molecule is COc1ccc(C2C=C3CCCN3C(c3ccc(OC)c(OC)c3)C2C=O)cc1OC. The molecule has 3 unspecified atom stereocenters. The number of nitrogens with zero attached hydrogens (tertiary/aromatic N) is 1. The Morgan fingerprint density at radius 2 is 1.42 bits per heavy atom. The van der Waals surface area contributed by atoms with Crippen molar-refractivity contribution in [3.8, 4) is 23.0 Å². The fourth-order valence-electron chi connectivity index (χ4n) is 4.91. The predicted octanol–water partition coefficient (Wildman–Crippen LogP) is 4.35. The number of carbonyl (C=O) groups excluding carboxylic acids is 1. The van der Waals surface area contributed by atoms with Gasteiger partial charge in [0, 0.05) is 24.1 Å². The van der Waals surface area contributed by atoms with Gasteiger partial charge in [0.25, 0.3) is 0 Å². The van der Waals surface area contributed by atoms with Crippen molar-refractivity contribution in [3.05, 3.63) is 59.3 Å². The Balaban J connectivity index is 1.80. The average Bonchev–Trinajstić information content (AvgIpc) is 3.30. The molecule has 1 fully saturated rings. The summed E-state index contributed by atoms with van der Waals surface area (Å²) in [6.45, 7) is 0.938. The Morgan fingerprint density at radius 3 is 2.00 bits per heavy atom. The van der Waals surface area contributed by atoms with E-state index < -0.39 is 0 Å². The molecular weight excluding hydrogens is 394 g/mol. The van der Waals surface area contributed by atoms with Crippen LogP contribution in [0.25, 0.3) is 0 Å². The van der Waals surface area contributed by atoms with Gasteiger partial charge in [0.2, 0.25) is 0 Å². The highest BCUT2D eigenvalue weighted by Crippen LogP contribution is 2.49. The molecule has 0 saturated carbocycles. The maximum Gasteiger partial charge on any atom is 0.161 e. The Morgan fingerprint density at radius 1 is 0.839 bits per heavy atom. The van der Waals surface area contributed by atoms with Gasteiger partial charge in [-0.05, 0) is 48.2 Å². The van der Waals surface area contributed by atoms with Crippen LogP contribution in [0.1, 0.15) is 35.9 Å². The lowest BCUT2D eigenvalue weighted by Gasteiger charge is -2.42. The second-order valence-electron chi connectivity index (χ2n) is 7.87. The molecule has 0 N–H and O–H groups in total. The Labute approximate surface area is 183 Å². The molecule has 164 valence electrons. The van der Waals surface area contributed by atoms with Crippen molar-refractivity contribution in [1.82, 2.24) is 4.90 Å². The van der Waals surface area contributed by atoms with E-state index in [0.29, 0.717) is 23.0 Å². The molecule has 0 amide bonds. The molecule has 6 nitrogen and oxygen atoms in total. The third kappa shape index (κ3) is 3.71. The fraction of sp³-hybridized carbons (Fsp3) is 0.400. The van der Waals surface area contributed by atoms with Crippen LogP contribution in [0.5, 0.6) is 23.0 Å². The molecule has 2 aliphatic heterocycles. The minimum Gasteiger partial charge on any atom is -0.493 e. The van der Waals surface area contributed by atoms with Crippen molar-refractivity contribution in [3.63, 3.8) is 0 Å². The quantitative estimate of drug-likeness (QED) is 0.617. The van der Waals surface area contributed by atoms with Crippen LogP contribution < -0.4 is 18.9 Å². The van der Waals surface area contributed by atoms with E-state index in [2.05, 4.69) is 11.0 Å². The third-order valence-corrected chi connectivity index (χ3v) is 6.39. The maximum atomic E-state index is 12.5. The van der Waals surface area contributed by atoms with Gasteiger partial charge < -0.3 is 28.6 Å². The third-order valence-electron chi connectivity index (χ3n) is 6.39. The molecule has 0 bridgehead atoms. The summed E-state index contributed by atoms with van der Waals surface area (Å²) in [4.78, 5) is 14.9. The maximum absolute atomic E-state index is 12.5. The highest BCUT2D eigenvalue weighted by atomic mass is 16.5. The number of methoxy groups -OCH3 is 4. The van der Waals surface area contributed by atoms with Crippen LogP contribution in [0.3, 0.4) is 0 Å². The summed E-state index contributed by atoms with van der Waals surface area (Å²) in [7, 11) is 6.51. The molecule has 2 aromatic rings. The van der Waals surface area contributed by atoms with Crippen LogP contribution in [-0.4, -0.2) is 46.2 Å². The first-order chi connectivity index (χ1) is 15.1. The summed E-state index contributed by atoms with van der Waals surface area (Å²) in [5.74, 6) is 2.38.